The first-order valence-corrected chi connectivity index (χ1v) is 12.5. The number of primary sulfonamides is 1. The van der Waals surface area contributed by atoms with Crippen molar-refractivity contribution in [3.63, 3.8) is 0 Å². The summed E-state index contributed by atoms with van der Waals surface area (Å²) in [5.41, 5.74) is 0.455. The van der Waals surface area contributed by atoms with Gasteiger partial charge in [0.1, 0.15) is 19.7 Å². The quantitative estimate of drug-likeness (QED) is 0.533. The lowest BCUT2D eigenvalue weighted by atomic mass is 10.1. The standard InChI is InChI=1S/C10H16N2O4S3.C7H6O3/c1-3-12-8-4-6(2)18(13,14)10-7(8)5-9(17-10)19(11,15)16;8-6-4-2-1-3-5(6)7(9)10/h5-6,8,12H,3-4H2,1-2H3,(H2,11,15,16);1-4,8H,(H,9,10). The molecule has 0 saturated heterocycles. The minimum atomic E-state index is -3.88. The first-order valence-electron chi connectivity index (χ1n) is 8.54. The maximum absolute atomic E-state index is 12.2. The number of nitrogens with one attached hydrogen (secondary N) is 1. The molecule has 2 unspecified atom stereocenters. The highest BCUT2D eigenvalue weighted by molar-refractivity contribution is 7.95. The second-order valence-corrected chi connectivity index (χ2v) is 11.8. The number of hydrogen-bond acceptors (Lipinski definition) is 8. The van der Waals surface area contributed by atoms with Crippen LogP contribution in [0.15, 0.2) is 38.8 Å². The lowest BCUT2D eigenvalue weighted by molar-refractivity contribution is 0.0693. The smallest absolute Gasteiger partial charge is 0.339 e. The summed E-state index contributed by atoms with van der Waals surface area (Å²) in [6.45, 7) is 4.23. The number of para-hydroxylation sites is 1. The van der Waals surface area contributed by atoms with E-state index < -0.39 is 31.1 Å². The minimum Gasteiger partial charge on any atom is -0.507 e. The molecule has 0 aliphatic carbocycles. The number of rotatable bonds is 4. The number of thiophene rings is 1. The van der Waals surface area contributed by atoms with E-state index in [2.05, 4.69) is 5.32 Å². The molecule has 5 N–H and O–H groups in total. The first kappa shape index (κ1) is 23.3. The lowest BCUT2D eigenvalue weighted by Gasteiger charge is -2.27. The molecule has 0 bridgehead atoms. The molecule has 1 aliphatic rings. The normalized spacial score (nSPS) is 20.2. The number of fused-ring (bicyclic) bond motifs is 1. The summed E-state index contributed by atoms with van der Waals surface area (Å²) in [5, 5.41) is 25.0. The van der Waals surface area contributed by atoms with Gasteiger partial charge in [-0.15, -0.1) is 11.3 Å². The van der Waals surface area contributed by atoms with Gasteiger partial charge in [-0.1, -0.05) is 19.1 Å². The van der Waals surface area contributed by atoms with Crippen LogP contribution in [-0.4, -0.2) is 44.8 Å². The number of aromatic hydroxyl groups is 1. The molecule has 0 saturated carbocycles. The third-order valence-corrected chi connectivity index (χ3v) is 9.62. The van der Waals surface area contributed by atoms with Crippen molar-refractivity contribution in [3.8, 4) is 5.75 Å². The van der Waals surface area contributed by atoms with Crippen molar-refractivity contribution in [2.45, 2.75) is 40.0 Å². The summed E-state index contributed by atoms with van der Waals surface area (Å²) < 4.78 is 47.3. The summed E-state index contributed by atoms with van der Waals surface area (Å²) in [6.07, 6.45) is 0.434. The van der Waals surface area contributed by atoms with E-state index in [1.54, 1.807) is 19.1 Å². The van der Waals surface area contributed by atoms with Crippen LogP contribution in [0.2, 0.25) is 0 Å². The Morgan fingerprint density at radius 3 is 2.45 bits per heavy atom. The van der Waals surface area contributed by atoms with Crippen LogP contribution in [0.5, 0.6) is 5.75 Å². The molecule has 0 radical (unpaired) electrons. The Morgan fingerprint density at radius 2 is 1.97 bits per heavy atom. The second kappa shape index (κ2) is 8.79. The topological polar surface area (TPSA) is 164 Å². The van der Waals surface area contributed by atoms with Crippen molar-refractivity contribution in [2.24, 2.45) is 5.14 Å². The Hall–Kier alpha value is -1.99. The molecule has 160 valence electrons. The van der Waals surface area contributed by atoms with Crippen molar-refractivity contribution >= 4 is 37.2 Å². The van der Waals surface area contributed by atoms with Crippen LogP contribution in [-0.2, 0) is 19.9 Å². The molecular weight excluding hydrogens is 440 g/mol. The molecule has 2 atom stereocenters. The predicted molar refractivity (Wildman–Crippen MR) is 108 cm³/mol. The average molecular weight is 463 g/mol. The molecule has 0 spiro atoms. The molecule has 1 aromatic carbocycles. The zero-order valence-corrected chi connectivity index (χ0v) is 18.1. The highest BCUT2D eigenvalue weighted by atomic mass is 32.3. The highest BCUT2D eigenvalue weighted by Crippen LogP contribution is 2.42. The maximum atomic E-state index is 12.2. The lowest BCUT2D eigenvalue weighted by Crippen LogP contribution is -2.33. The second-order valence-electron chi connectivity index (χ2n) is 6.38. The fourth-order valence-electron chi connectivity index (χ4n) is 2.83. The van der Waals surface area contributed by atoms with Crippen LogP contribution in [0.1, 0.15) is 42.2 Å². The van der Waals surface area contributed by atoms with E-state index in [4.69, 9.17) is 15.4 Å². The van der Waals surface area contributed by atoms with Crippen molar-refractivity contribution in [2.75, 3.05) is 6.54 Å². The van der Waals surface area contributed by atoms with Gasteiger partial charge in [0, 0.05) is 11.6 Å². The Morgan fingerprint density at radius 1 is 1.34 bits per heavy atom. The fourth-order valence-corrected chi connectivity index (χ4v) is 7.25. The summed E-state index contributed by atoms with van der Waals surface area (Å²) in [6, 6.07) is 7.04. The van der Waals surface area contributed by atoms with Crippen LogP contribution in [0.4, 0.5) is 0 Å². The van der Waals surface area contributed by atoms with Crippen LogP contribution in [0.25, 0.3) is 0 Å². The Kier molecular flexibility index (Phi) is 7.06. The number of hydrogen-bond donors (Lipinski definition) is 4. The SMILES string of the molecule is CCNC1CC(C)S(=O)(=O)c2sc(S(N)(=O)=O)cc21.O=C(O)c1ccccc1O. The number of sulfone groups is 1. The number of benzene rings is 1. The maximum Gasteiger partial charge on any atom is 0.339 e. The van der Waals surface area contributed by atoms with Crippen LogP contribution in [0.3, 0.4) is 0 Å². The largest absolute Gasteiger partial charge is 0.507 e. The summed E-state index contributed by atoms with van der Waals surface area (Å²) in [7, 11) is -7.33. The Bertz CT molecular complexity index is 1110. The number of carbonyl (C=O) groups is 1. The van der Waals surface area contributed by atoms with Gasteiger partial charge in [0.15, 0.2) is 9.84 Å². The third kappa shape index (κ3) is 5.14. The molecule has 9 nitrogen and oxygen atoms in total. The van der Waals surface area contributed by atoms with Crippen LogP contribution in [0, 0.1) is 0 Å². The van der Waals surface area contributed by atoms with Gasteiger partial charge in [-0.25, -0.2) is 26.8 Å². The van der Waals surface area contributed by atoms with Gasteiger partial charge in [0.05, 0.1) is 5.25 Å². The number of nitrogens with two attached hydrogens (primary N) is 1. The number of aromatic carboxylic acids is 1. The molecule has 3 rings (SSSR count). The van der Waals surface area contributed by atoms with Gasteiger partial charge in [-0.3, -0.25) is 0 Å². The van der Waals surface area contributed by atoms with E-state index in [1.165, 1.54) is 18.2 Å². The summed E-state index contributed by atoms with van der Waals surface area (Å²) in [5.74, 6) is -1.31. The molecule has 12 heteroatoms. The molecule has 1 aliphatic heterocycles. The van der Waals surface area contributed by atoms with E-state index in [0.29, 0.717) is 18.5 Å². The van der Waals surface area contributed by atoms with Gasteiger partial charge >= 0.3 is 5.97 Å². The third-order valence-electron chi connectivity index (χ3n) is 4.30. The molecule has 0 amide bonds. The highest BCUT2D eigenvalue weighted by Gasteiger charge is 2.39. The molecule has 2 aromatic rings. The molecule has 29 heavy (non-hydrogen) atoms. The van der Waals surface area contributed by atoms with Gasteiger partial charge in [-0.05, 0) is 38.1 Å². The molecule has 2 heterocycles. The number of carboxylic acid groups (broad SMARTS) is 1. The number of phenols is 1. The van der Waals surface area contributed by atoms with Crippen molar-refractivity contribution in [1.29, 1.82) is 0 Å². The minimum absolute atomic E-state index is 0.0671. The van der Waals surface area contributed by atoms with Crippen molar-refractivity contribution in [3.05, 3.63) is 41.5 Å². The average Bonchev–Trinajstić information content (AvgIpc) is 3.08. The van der Waals surface area contributed by atoms with E-state index in [9.17, 15) is 21.6 Å². The molecular formula is C17H22N2O7S3. The first-order chi connectivity index (χ1) is 13.4. The summed E-state index contributed by atoms with van der Waals surface area (Å²) in [4.78, 5) is 10.3. The molecule has 0 fully saturated rings. The number of sulfonamides is 1. The van der Waals surface area contributed by atoms with Crippen LogP contribution >= 0.6 is 11.3 Å². The Labute approximate surface area is 173 Å². The van der Waals surface area contributed by atoms with Gasteiger partial charge < -0.3 is 15.5 Å². The monoisotopic (exact) mass is 462 g/mol. The Balaban J connectivity index is 0.000000253. The van der Waals surface area contributed by atoms with Gasteiger partial charge in [0.2, 0.25) is 10.0 Å². The molecule has 1 aromatic heterocycles. The van der Waals surface area contributed by atoms with E-state index in [0.717, 1.165) is 11.3 Å². The number of carboxylic acids is 1. The van der Waals surface area contributed by atoms with E-state index in [1.807, 2.05) is 6.92 Å². The zero-order valence-electron chi connectivity index (χ0n) is 15.7. The fraction of sp³-hybridized carbons (Fsp3) is 0.353. The van der Waals surface area contributed by atoms with Gasteiger partial charge in [0.25, 0.3) is 0 Å². The van der Waals surface area contributed by atoms with Crippen molar-refractivity contribution in [1.82, 2.24) is 5.32 Å². The predicted octanol–water partition coefficient (Wildman–Crippen LogP) is 1.70. The van der Waals surface area contributed by atoms with Crippen LogP contribution < -0.4 is 10.5 Å². The summed E-state index contributed by atoms with van der Waals surface area (Å²) >= 11 is 0.742. The van der Waals surface area contributed by atoms with E-state index in [-0.39, 0.29) is 25.8 Å². The van der Waals surface area contributed by atoms with Gasteiger partial charge in [-0.2, -0.15) is 0 Å². The van der Waals surface area contributed by atoms with E-state index >= 15 is 0 Å². The van der Waals surface area contributed by atoms with Crippen molar-refractivity contribution < 1.29 is 31.8 Å². The zero-order chi connectivity index (χ0) is 22.0.